The monoisotopic (exact) mass is 154 g/mol. The number of hydrogen-bond donors (Lipinski definition) is 0. The average molecular weight is 154 g/mol. The molecule has 0 saturated carbocycles. The highest BCUT2D eigenvalue weighted by Crippen LogP contribution is 2.32. The quantitative estimate of drug-likeness (QED) is 0.513. The molecule has 0 aromatic carbocycles. The van der Waals surface area contributed by atoms with Crippen LogP contribution >= 0.6 is 0 Å². The second-order valence-electron chi connectivity index (χ2n) is 3.28. The molecule has 0 amide bonds. The molecule has 0 aromatic heterocycles. The Kier molecular flexibility index (Phi) is 1.23. The minimum atomic E-state index is -0.601. The van der Waals surface area contributed by atoms with E-state index in [2.05, 4.69) is 0 Å². The third-order valence-electron chi connectivity index (χ3n) is 1.86. The van der Waals surface area contributed by atoms with Crippen molar-refractivity contribution in [3.63, 3.8) is 0 Å². The van der Waals surface area contributed by atoms with Crippen LogP contribution in [0.15, 0.2) is 12.2 Å². The number of fused-ring (bicyclic) bond motifs is 1. The summed E-state index contributed by atoms with van der Waals surface area (Å²) < 4.78 is 10.8. The molecule has 2 rings (SSSR count). The molecule has 0 N–H and O–H groups in total. The zero-order valence-electron chi connectivity index (χ0n) is 6.53. The van der Waals surface area contributed by atoms with Gasteiger partial charge in [0.15, 0.2) is 17.7 Å². The first-order chi connectivity index (χ1) is 5.08. The molecule has 0 radical (unpaired) electrons. The molecule has 0 unspecified atom stereocenters. The Balaban J connectivity index is 2.22. The van der Waals surface area contributed by atoms with Crippen molar-refractivity contribution in [2.75, 3.05) is 0 Å². The molecule has 0 bridgehead atoms. The van der Waals surface area contributed by atoms with Crippen LogP contribution in [-0.4, -0.2) is 23.8 Å². The van der Waals surface area contributed by atoms with E-state index in [-0.39, 0.29) is 18.0 Å². The molecule has 60 valence electrons. The van der Waals surface area contributed by atoms with Crippen molar-refractivity contribution in [1.82, 2.24) is 0 Å². The second-order valence-corrected chi connectivity index (χ2v) is 3.28. The highest BCUT2D eigenvalue weighted by molar-refractivity contribution is 5.97. The number of ketones is 1. The van der Waals surface area contributed by atoms with Crippen LogP contribution in [0, 0.1) is 0 Å². The summed E-state index contributed by atoms with van der Waals surface area (Å²) in [5.41, 5.74) is 0. The molecule has 11 heavy (non-hydrogen) atoms. The smallest absolute Gasteiger partial charge is 0.187 e. The summed E-state index contributed by atoms with van der Waals surface area (Å²) in [5.74, 6) is -0.587. The van der Waals surface area contributed by atoms with Crippen LogP contribution in [-0.2, 0) is 14.3 Å². The highest BCUT2D eigenvalue weighted by Gasteiger charge is 2.45. The van der Waals surface area contributed by atoms with Gasteiger partial charge in [0.1, 0.15) is 6.10 Å². The number of ether oxygens (including phenoxy) is 2. The van der Waals surface area contributed by atoms with Gasteiger partial charge in [0, 0.05) is 0 Å². The van der Waals surface area contributed by atoms with E-state index in [1.54, 1.807) is 6.08 Å². The fraction of sp³-hybridized carbons (Fsp3) is 0.625. The van der Waals surface area contributed by atoms with Crippen molar-refractivity contribution in [2.24, 2.45) is 0 Å². The fourth-order valence-corrected chi connectivity index (χ4v) is 1.43. The Morgan fingerprint density at radius 1 is 1.45 bits per heavy atom. The SMILES string of the molecule is CC1(C)O[C@@H]2C=CC(=O)[C@@H]2O1. The van der Waals surface area contributed by atoms with E-state index in [1.807, 2.05) is 13.8 Å². The first kappa shape index (κ1) is 7.00. The molecule has 3 heteroatoms. The van der Waals surface area contributed by atoms with E-state index >= 15 is 0 Å². The minimum absolute atomic E-state index is 0.0144. The lowest BCUT2D eigenvalue weighted by atomic mass is 10.2. The minimum Gasteiger partial charge on any atom is -0.340 e. The van der Waals surface area contributed by atoms with Crippen molar-refractivity contribution < 1.29 is 14.3 Å². The molecule has 1 aliphatic carbocycles. The van der Waals surface area contributed by atoms with E-state index in [4.69, 9.17) is 9.47 Å². The maximum atomic E-state index is 11.1. The lowest BCUT2D eigenvalue weighted by Gasteiger charge is -2.16. The molecule has 1 fully saturated rings. The van der Waals surface area contributed by atoms with Gasteiger partial charge in [-0.3, -0.25) is 4.79 Å². The predicted molar refractivity (Wildman–Crippen MR) is 38.0 cm³/mol. The fourth-order valence-electron chi connectivity index (χ4n) is 1.43. The maximum absolute atomic E-state index is 11.1. The molecule has 1 heterocycles. The van der Waals surface area contributed by atoms with E-state index in [0.717, 1.165) is 0 Å². The molecular formula is C8H10O3. The van der Waals surface area contributed by atoms with Gasteiger partial charge in [0.25, 0.3) is 0 Å². The van der Waals surface area contributed by atoms with Gasteiger partial charge in [0.2, 0.25) is 0 Å². The maximum Gasteiger partial charge on any atom is 0.187 e. The Labute approximate surface area is 65.0 Å². The lowest BCUT2D eigenvalue weighted by Crippen LogP contribution is -2.25. The van der Waals surface area contributed by atoms with E-state index in [0.29, 0.717) is 0 Å². The predicted octanol–water partition coefficient (Wildman–Crippen LogP) is 0.645. The van der Waals surface area contributed by atoms with Crippen molar-refractivity contribution in [1.29, 1.82) is 0 Å². The van der Waals surface area contributed by atoms with E-state index < -0.39 is 5.79 Å². The molecule has 0 aromatic rings. The summed E-state index contributed by atoms with van der Waals surface area (Å²) in [6.07, 6.45) is 2.73. The Bertz CT molecular complexity index is 229. The highest BCUT2D eigenvalue weighted by atomic mass is 16.8. The van der Waals surface area contributed by atoms with Crippen molar-refractivity contribution >= 4 is 5.78 Å². The summed E-state index contributed by atoms with van der Waals surface area (Å²) in [4.78, 5) is 11.1. The normalized spacial score (nSPS) is 39.6. The van der Waals surface area contributed by atoms with Gasteiger partial charge in [-0.25, -0.2) is 0 Å². The number of hydrogen-bond acceptors (Lipinski definition) is 3. The third kappa shape index (κ3) is 1.01. The van der Waals surface area contributed by atoms with Crippen molar-refractivity contribution in [3.05, 3.63) is 12.2 Å². The summed E-state index contributed by atoms with van der Waals surface area (Å²) in [6.45, 7) is 3.62. The van der Waals surface area contributed by atoms with Gasteiger partial charge in [-0.15, -0.1) is 0 Å². The first-order valence-corrected chi connectivity index (χ1v) is 3.66. The van der Waals surface area contributed by atoms with Gasteiger partial charge in [-0.05, 0) is 26.0 Å². The Hall–Kier alpha value is -0.670. The van der Waals surface area contributed by atoms with Crippen molar-refractivity contribution in [2.45, 2.75) is 31.8 Å². The van der Waals surface area contributed by atoms with Gasteiger partial charge in [-0.1, -0.05) is 0 Å². The average Bonchev–Trinajstić information content (AvgIpc) is 2.31. The summed E-state index contributed by atoms with van der Waals surface area (Å²) in [5, 5.41) is 0. The Morgan fingerprint density at radius 2 is 2.18 bits per heavy atom. The molecule has 1 aliphatic heterocycles. The van der Waals surface area contributed by atoms with Crippen LogP contribution in [0.25, 0.3) is 0 Å². The summed E-state index contributed by atoms with van der Waals surface area (Å²) >= 11 is 0. The summed E-state index contributed by atoms with van der Waals surface area (Å²) in [7, 11) is 0. The van der Waals surface area contributed by atoms with Crippen LogP contribution in [0.3, 0.4) is 0 Å². The number of carbonyl (C=O) groups is 1. The van der Waals surface area contributed by atoms with Gasteiger partial charge >= 0.3 is 0 Å². The van der Waals surface area contributed by atoms with Crippen LogP contribution in [0.2, 0.25) is 0 Å². The second kappa shape index (κ2) is 1.93. The lowest BCUT2D eigenvalue weighted by molar-refractivity contribution is -0.152. The van der Waals surface area contributed by atoms with Crippen LogP contribution < -0.4 is 0 Å². The summed E-state index contributed by atoms with van der Waals surface area (Å²) in [6, 6.07) is 0. The Morgan fingerprint density at radius 3 is 2.82 bits per heavy atom. The molecule has 0 spiro atoms. The molecular weight excluding hydrogens is 144 g/mol. The standard InChI is InChI=1S/C8H10O3/c1-8(2)10-6-4-3-5(9)7(6)11-8/h3-4,6-7H,1-2H3/t6-,7+/m1/s1. The molecule has 2 atom stereocenters. The zero-order valence-corrected chi connectivity index (χ0v) is 6.53. The topological polar surface area (TPSA) is 35.5 Å². The molecule has 1 saturated heterocycles. The van der Waals surface area contributed by atoms with Crippen LogP contribution in [0.5, 0.6) is 0 Å². The zero-order chi connectivity index (χ0) is 8.06. The van der Waals surface area contributed by atoms with Gasteiger partial charge < -0.3 is 9.47 Å². The molecule has 3 nitrogen and oxygen atoms in total. The van der Waals surface area contributed by atoms with Crippen molar-refractivity contribution in [3.8, 4) is 0 Å². The van der Waals surface area contributed by atoms with E-state index in [1.165, 1.54) is 6.08 Å². The third-order valence-corrected chi connectivity index (χ3v) is 1.86. The number of carbonyl (C=O) groups excluding carboxylic acids is 1. The molecule has 2 aliphatic rings. The van der Waals surface area contributed by atoms with E-state index in [9.17, 15) is 4.79 Å². The first-order valence-electron chi connectivity index (χ1n) is 3.66. The van der Waals surface area contributed by atoms with Gasteiger partial charge in [-0.2, -0.15) is 0 Å². The number of rotatable bonds is 0. The van der Waals surface area contributed by atoms with Crippen LogP contribution in [0.4, 0.5) is 0 Å². The largest absolute Gasteiger partial charge is 0.340 e. The van der Waals surface area contributed by atoms with Gasteiger partial charge in [0.05, 0.1) is 0 Å². The van der Waals surface area contributed by atoms with Crippen LogP contribution in [0.1, 0.15) is 13.8 Å².